The highest BCUT2D eigenvalue weighted by atomic mass is 32.2. The van der Waals surface area contributed by atoms with E-state index in [9.17, 15) is 13.6 Å². The molecule has 0 aliphatic rings. The van der Waals surface area contributed by atoms with Crippen LogP contribution in [0.1, 0.15) is 0 Å². The first-order valence-corrected chi connectivity index (χ1v) is 4.77. The van der Waals surface area contributed by atoms with Crippen molar-refractivity contribution >= 4 is 21.3 Å². The zero-order valence-corrected chi connectivity index (χ0v) is 7.65. The Kier molecular flexibility index (Phi) is 1.93. The van der Waals surface area contributed by atoms with Gasteiger partial charge in [0, 0.05) is 6.07 Å². The summed E-state index contributed by atoms with van der Waals surface area (Å²) < 4.78 is 20.7. The molecule has 1 aromatic carbocycles. The van der Waals surface area contributed by atoms with Crippen molar-refractivity contribution in [3.63, 3.8) is 0 Å². The van der Waals surface area contributed by atoms with Gasteiger partial charge in [0.15, 0.2) is 0 Å². The predicted octanol–water partition coefficient (Wildman–Crippen LogP) is -0.393. The number of H-pyrrole nitrogens is 1. The molecule has 0 saturated carbocycles. The summed E-state index contributed by atoms with van der Waals surface area (Å²) in [5.41, 5.74) is 0.627. The Labute approximate surface area is 79.6 Å². The van der Waals surface area contributed by atoms with Gasteiger partial charge in [-0.15, -0.1) is 5.10 Å². The number of hydrogen-bond donors (Lipinski definition) is 1. The number of rotatable bonds is 0. The Hall–Kier alpha value is -1.89. The van der Waals surface area contributed by atoms with Crippen molar-refractivity contribution < 1.29 is 13.3 Å². The van der Waals surface area contributed by atoms with Crippen LogP contribution in [0.2, 0.25) is 0 Å². The maximum absolute atomic E-state index is 11.3. The van der Waals surface area contributed by atoms with Gasteiger partial charge in [0.2, 0.25) is 0 Å². The number of nitrogens with zero attached hydrogens (tertiary/aromatic N) is 2. The molecule has 1 heterocycles. The van der Waals surface area contributed by atoms with Crippen molar-refractivity contribution in [1.82, 2.24) is 10.1 Å². The lowest BCUT2D eigenvalue weighted by Crippen LogP contribution is -2.32. The molecule has 0 radical (unpaired) electrons. The fourth-order valence-corrected chi connectivity index (χ4v) is 1.42. The van der Waals surface area contributed by atoms with Gasteiger partial charge >= 0.3 is 4.77 Å². The third kappa shape index (κ3) is 1.33. The largest absolute Gasteiger partial charge is 0.595 e. The quantitative estimate of drug-likeness (QED) is 0.365. The molecule has 0 saturated heterocycles. The van der Waals surface area contributed by atoms with Gasteiger partial charge in [0.1, 0.15) is 5.52 Å². The molecule has 1 aromatic heterocycles. The first-order valence-electron chi connectivity index (χ1n) is 3.69. The maximum atomic E-state index is 11.3. The highest BCUT2D eigenvalue weighted by Crippen LogP contribution is 2.02. The number of para-hydroxylation sites is 2. The van der Waals surface area contributed by atoms with Gasteiger partial charge in [-0.2, -0.15) is 8.42 Å². The van der Waals surface area contributed by atoms with Crippen LogP contribution in [0, 0.1) is 9.98 Å². The summed E-state index contributed by atoms with van der Waals surface area (Å²) in [6, 6.07) is 6.45. The molecular formula is C7H5N3O3S. The predicted molar refractivity (Wildman–Crippen MR) is 47.2 cm³/mol. The molecule has 0 bridgehead atoms. The maximum Gasteiger partial charge on any atom is 0.307 e. The van der Waals surface area contributed by atoms with E-state index in [2.05, 4.69) is 10.1 Å². The highest BCUT2D eigenvalue weighted by molar-refractivity contribution is 7.63. The first kappa shape index (κ1) is 8.70. The van der Waals surface area contributed by atoms with E-state index in [1.54, 1.807) is 24.3 Å². The van der Waals surface area contributed by atoms with Gasteiger partial charge in [-0.1, -0.05) is 17.0 Å². The van der Waals surface area contributed by atoms with Crippen molar-refractivity contribution in [3.8, 4) is 0 Å². The van der Waals surface area contributed by atoms with E-state index in [0.717, 1.165) is 0 Å². The molecule has 2 rings (SSSR count). The molecule has 7 heteroatoms. The van der Waals surface area contributed by atoms with E-state index < -0.39 is 10.3 Å². The Bertz CT molecular complexity index is 651. The van der Waals surface area contributed by atoms with Crippen LogP contribution in [0.5, 0.6) is 0 Å². The molecule has 0 aliphatic heterocycles. The minimum absolute atomic E-state index is 0.293. The van der Waals surface area contributed by atoms with Crippen LogP contribution in [0.4, 0.5) is 0 Å². The average Bonchev–Trinajstić information content (AvgIpc) is 2.17. The van der Waals surface area contributed by atoms with Crippen LogP contribution < -0.4 is 4.85 Å². The topological polar surface area (TPSA) is 89.8 Å². The lowest BCUT2D eigenvalue weighted by molar-refractivity contribution is -0.643. The summed E-state index contributed by atoms with van der Waals surface area (Å²) in [5.74, 6) is 0. The monoisotopic (exact) mass is 211 g/mol. The van der Waals surface area contributed by atoms with Crippen LogP contribution in [0.15, 0.2) is 24.3 Å². The van der Waals surface area contributed by atoms with E-state index in [1.165, 1.54) is 0 Å². The fourth-order valence-electron chi connectivity index (χ4n) is 1.09. The molecule has 0 spiro atoms. The van der Waals surface area contributed by atoms with Crippen LogP contribution in [-0.4, -0.2) is 18.5 Å². The third-order valence-corrected chi connectivity index (χ3v) is 2.18. The van der Waals surface area contributed by atoms with Gasteiger partial charge in [-0.3, -0.25) is 0 Å². The van der Waals surface area contributed by atoms with Gasteiger partial charge in [-0.05, 0) is 6.07 Å². The van der Waals surface area contributed by atoms with Crippen molar-refractivity contribution in [2.24, 2.45) is 0 Å². The summed E-state index contributed by atoms with van der Waals surface area (Å²) in [6.45, 7) is 0. The fraction of sp³-hybridized carbons (Fsp3) is 0. The van der Waals surface area contributed by atoms with E-state index in [-0.39, 0.29) is 4.77 Å². The molecule has 6 nitrogen and oxygen atoms in total. The van der Waals surface area contributed by atoms with E-state index in [1.807, 2.05) is 0 Å². The number of aromatic amines is 1. The van der Waals surface area contributed by atoms with Crippen LogP contribution in [-0.2, 0) is 10.3 Å². The highest BCUT2D eigenvalue weighted by Gasteiger charge is 2.04. The second-order valence-corrected chi connectivity index (χ2v) is 3.40. The molecule has 0 unspecified atom stereocenters. The number of benzene rings is 1. The average molecular weight is 211 g/mol. The SMILES string of the molecule is O=S(=O)=c1nc2ccccc2[n+]([O-])[nH]1. The Morgan fingerprint density at radius 1 is 1.36 bits per heavy atom. The molecule has 14 heavy (non-hydrogen) atoms. The minimum atomic E-state index is -2.53. The molecule has 0 aliphatic carbocycles. The summed E-state index contributed by atoms with van der Waals surface area (Å²) in [7, 11) is -2.53. The summed E-state index contributed by atoms with van der Waals surface area (Å²) in [5, 5.41) is 13.3. The zero-order chi connectivity index (χ0) is 10.1. The normalized spacial score (nSPS) is 10.3. The molecular weight excluding hydrogens is 206 g/mol. The van der Waals surface area contributed by atoms with E-state index in [0.29, 0.717) is 15.9 Å². The van der Waals surface area contributed by atoms with Crippen molar-refractivity contribution in [3.05, 3.63) is 34.2 Å². The van der Waals surface area contributed by atoms with Gasteiger partial charge < -0.3 is 5.21 Å². The molecule has 0 fully saturated rings. The molecule has 0 amide bonds. The molecule has 2 aromatic rings. The standard InChI is InChI=1S/C7H5N3O3S/c11-10-6-4-2-1-3-5(6)8-7(9-10)14(12)13/h1-4,9H. The smallest absolute Gasteiger partial charge is 0.307 e. The van der Waals surface area contributed by atoms with Crippen molar-refractivity contribution in [2.45, 2.75) is 0 Å². The number of hydrogen-bond acceptors (Lipinski definition) is 4. The molecule has 1 N–H and O–H groups in total. The second-order valence-electron chi connectivity index (χ2n) is 2.55. The van der Waals surface area contributed by atoms with Crippen LogP contribution in [0.25, 0.3) is 11.0 Å². The van der Waals surface area contributed by atoms with E-state index in [4.69, 9.17) is 0 Å². The van der Waals surface area contributed by atoms with Gasteiger partial charge in [0.05, 0.1) is 0 Å². The first-order chi connectivity index (χ1) is 6.68. The summed E-state index contributed by atoms with van der Waals surface area (Å²) in [4.78, 5) is 4.12. The zero-order valence-electron chi connectivity index (χ0n) is 6.84. The Morgan fingerprint density at radius 2 is 2.07 bits per heavy atom. The second kappa shape index (κ2) is 3.11. The summed E-state index contributed by atoms with van der Waals surface area (Å²) in [6.07, 6.45) is 0. The minimum Gasteiger partial charge on any atom is -0.595 e. The van der Waals surface area contributed by atoms with Crippen LogP contribution >= 0.6 is 0 Å². The van der Waals surface area contributed by atoms with Gasteiger partial charge in [-0.25, -0.2) is 4.98 Å². The Morgan fingerprint density at radius 3 is 2.79 bits per heavy atom. The third-order valence-electron chi connectivity index (χ3n) is 1.68. The number of nitrogens with one attached hydrogen (secondary N) is 1. The van der Waals surface area contributed by atoms with Gasteiger partial charge in [0.25, 0.3) is 15.8 Å². The lowest BCUT2D eigenvalue weighted by atomic mass is 10.3. The molecule has 0 atom stereocenters. The Balaban J connectivity index is 3.09. The molecule has 72 valence electrons. The van der Waals surface area contributed by atoms with Crippen molar-refractivity contribution in [2.75, 3.05) is 0 Å². The number of aromatic nitrogens is 3. The van der Waals surface area contributed by atoms with Crippen molar-refractivity contribution in [1.29, 1.82) is 0 Å². The van der Waals surface area contributed by atoms with Crippen LogP contribution in [0.3, 0.4) is 0 Å². The number of fused-ring (bicyclic) bond motifs is 1. The van der Waals surface area contributed by atoms with E-state index >= 15 is 0 Å². The lowest BCUT2D eigenvalue weighted by Gasteiger charge is -1.97. The summed E-state index contributed by atoms with van der Waals surface area (Å²) >= 11 is 0.